The number of rotatable bonds is 12. The van der Waals surface area contributed by atoms with E-state index in [0.717, 1.165) is 24.4 Å². The standard InChI is InChI=1S/C23H30F2N2O4/c1-5-27(6-2)19(16-9-8-10-18(13-16)29-4)15-26-22(28)17-11-12-20(31-23(24)25)21(14-17)30-7-3/h8-14,19,23H,5-7,15H2,1-4H3,(H,26,28). The Labute approximate surface area is 182 Å². The molecule has 0 radical (unpaired) electrons. The van der Waals surface area contributed by atoms with Crippen molar-refractivity contribution in [3.8, 4) is 17.2 Å². The molecule has 1 amide bonds. The predicted molar refractivity (Wildman–Crippen MR) is 115 cm³/mol. The normalized spacial score (nSPS) is 12.0. The summed E-state index contributed by atoms with van der Waals surface area (Å²) in [7, 11) is 1.62. The first-order chi connectivity index (χ1) is 14.9. The van der Waals surface area contributed by atoms with Gasteiger partial charge >= 0.3 is 6.61 Å². The van der Waals surface area contributed by atoms with Crippen molar-refractivity contribution in [1.82, 2.24) is 10.2 Å². The fraction of sp³-hybridized carbons (Fsp3) is 0.435. The summed E-state index contributed by atoms with van der Waals surface area (Å²) in [4.78, 5) is 15.0. The van der Waals surface area contributed by atoms with Crippen LogP contribution in [0.15, 0.2) is 42.5 Å². The molecule has 0 spiro atoms. The molecule has 0 aromatic heterocycles. The van der Waals surface area contributed by atoms with Gasteiger partial charge in [0, 0.05) is 12.1 Å². The van der Waals surface area contributed by atoms with Crippen LogP contribution in [0.1, 0.15) is 42.7 Å². The van der Waals surface area contributed by atoms with Crippen molar-refractivity contribution < 1.29 is 27.8 Å². The number of amides is 1. The van der Waals surface area contributed by atoms with Gasteiger partial charge in [0.15, 0.2) is 11.5 Å². The first-order valence-corrected chi connectivity index (χ1v) is 10.3. The summed E-state index contributed by atoms with van der Waals surface area (Å²) in [5, 5.41) is 2.95. The number of methoxy groups -OCH3 is 1. The molecule has 0 saturated heterocycles. The predicted octanol–water partition coefficient (Wildman–Crippen LogP) is 4.51. The SMILES string of the molecule is CCOc1cc(C(=O)NCC(c2cccc(OC)c2)N(CC)CC)ccc1OC(F)F. The summed E-state index contributed by atoms with van der Waals surface area (Å²) >= 11 is 0. The number of likely N-dealkylation sites (N-methyl/N-ethyl adjacent to an activating group) is 1. The van der Waals surface area contributed by atoms with Gasteiger partial charge in [0.1, 0.15) is 5.75 Å². The van der Waals surface area contributed by atoms with Crippen LogP contribution < -0.4 is 19.5 Å². The molecule has 0 fully saturated rings. The Hall–Kier alpha value is -2.87. The average molecular weight is 436 g/mol. The molecule has 170 valence electrons. The van der Waals surface area contributed by atoms with Crippen molar-refractivity contribution in [2.24, 2.45) is 0 Å². The first-order valence-electron chi connectivity index (χ1n) is 10.3. The topological polar surface area (TPSA) is 60.0 Å². The summed E-state index contributed by atoms with van der Waals surface area (Å²) in [6.07, 6.45) is 0. The molecule has 0 heterocycles. The Morgan fingerprint density at radius 2 is 1.81 bits per heavy atom. The number of carbonyl (C=O) groups is 1. The van der Waals surface area contributed by atoms with E-state index in [4.69, 9.17) is 9.47 Å². The van der Waals surface area contributed by atoms with Gasteiger partial charge in [0.25, 0.3) is 5.91 Å². The third kappa shape index (κ3) is 6.82. The molecular weight excluding hydrogens is 406 g/mol. The van der Waals surface area contributed by atoms with Crippen molar-refractivity contribution in [3.05, 3.63) is 53.6 Å². The Morgan fingerprint density at radius 1 is 1.06 bits per heavy atom. The van der Waals surface area contributed by atoms with Gasteiger partial charge in [0.2, 0.25) is 0 Å². The number of alkyl halides is 2. The lowest BCUT2D eigenvalue weighted by molar-refractivity contribution is -0.0514. The number of carbonyl (C=O) groups excluding carboxylic acids is 1. The van der Waals surface area contributed by atoms with E-state index in [2.05, 4.69) is 28.8 Å². The third-order valence-corrected chi connectivity index (χ3v) is 4.91. The minimum atomic E-state index is -2.98. The summed E-state index contributed by atoms with van der Waals surface area (Å²) in [5.74, 6) is 0.413. The fourth-order valence-electron chi connectivity index (χ4n) is 3.37. The highest BCUT2D eigenvalue weighted by atomic mass is 19.3. The lowest BCUT2D eigenvalue weighted by Crippen LogP contribution is -2.38. The minimum absolute atomic E-state index is 0.0538. The molecule has 2 aromatic carbocycles. The first kappa shape index (κ1) is 24.4. The van der Waals surface area contributed by atoms with E-state index in [-0.39, 0.29) is 30.1 Å². The molecule has 6 nitrogen and oxygen atoms in total. The maximum absolute atomic E-state index is 12.8. The molecule has 0 saturated carbocycles. The quantitative estimate of drug-likeness (QED) is 0.531. The van der Waals surface area contributed by atoms with Crippen LogP contribution in [-0.2, 0) is 0 Å². The maximum Gasteiger partial charge on any atom is 0.387 e. The van der Waals surface area contributed by atoms with Crippen LogP contribution in [0.3, 0.4) is 0 Å². The minimum Gasteiger partial charge on any atom is -0.497 e. The highest BCUT2D eigenvalue weighted by molar-refractivity contribution is 5.94. The average Bonchev–Trinajstić information content (AvgIpc) is 2.77. The van der Waals surface area contributed by atoms with Crippen LogP contribution >= 0.6 is 0 Å². The third-order valence-electron chi connectivity index (χ3n) is 4.91. The Morgan fingerprint density at radius 3 is 2.42 bits per heavy atom. The molecule has 2 aromatic rings. The second kappa shape index (κ2) is 12.1. The molecule has 0 aliphatic rings. The van der Waals surface area contributed by atoms with Crippen LogP contribution in [-0.4, -0.2) is 50.8 Å². The van der Waals surface area contributed by atoms with Crippen LogP contribution in [0, 0.1) is 0 Å². The number of nitrogens with one attached hydrogen (secondary N) is 1. The van der Waals surface area contributed by atoms with Gasteiger partial charge in [-0.2, -0.15) is 8.78 Å². The summed E-state index contributed by atoms with van der Waals surface area (Å²) in [6.45, 7) is 5.12. The largest absolute Gasteiger partial charge is 0.497 e. The smallest absolute Gasteiger partial charge is 0.387 e. The van der Waals surface area contributed by atoms with Gasteiger partial charge in [-0.25, -0.2) is 0 Å². The van der Waals surface area contributed by atoms with Gasteiger partial charge in [-0.3, -0.25) is 9.69 Å². The van der Waals surface area contributed by atoms with Gasteiger partial charge in [-0.1, -0.05) is 26.0 Å². The van der Waals surface area contributed by atoms with E-state index in [1.165, 1.54) is 18.2 Å². The molecular formula is C23H30F2N2O4. The number of nitrogens with zero attached hydrogens (tertiary/aromatic N) is 1. The molecule has 1 N–H and O–H groups in total. The van der Waals surface area contributed by atoms with Gasteiger partial charge in [0.05, 0.1) is 19.8 Å². The lowest BCUT2D eigenvalue weighted by atomic mass is 10.0. The molecule has 1 atom stereocenters. The molecule has 2 rings (SSSR count). The molecule has 1 unspecified atom stereocenters. The highest BCUT2D eigenvalue weighted by Crippen LogP contribution is 2.30. The lowest BCUT2D eigenvalue weighted by Gasteiger charge is -2.30. The number of benzene rings is 2. The van der Waals surface area contributed by atoms with Crippen molar-refractivity contribution in [1.29, 1.82) is 0 Å². The Balaban J connectivity index is 2.20. The van der Waals surface area contributed by atoms with Crippen LogP contribution in [0.25, 0.3) is 0 Å². The van der Waals surface area contributed by atoms with E-state index in [9.17, 15) is 13.6 Å². The van der Waals surface area contributed by atoms with Crippen LogP contribution in [0.4, 0.5) is 8.78 Å². The number of hydrogen-bond donors (Lipinski definition) is 1. The molecule has 0 aliphatic carbocycles. The van der Waals surface area contributed by atoms with E-state index in [1.807, 2.05) is 24.3 Å². The Kier molecular flexibility index (Phi) is 9.52. The summed E-state index contributed by atoms with van der Waals surface area (Å²) in [5.41, 5.74) is 1.33. The monoisotopic (exact) mass is 436 g/mol. The number of hydrogen-bond acceptors (Lipinski definition) is 5. The zero-order valence-corrected chi connectivity index (χ0v) is 18.4. The van der Waals surface area contributed by atoms with Crippen molar-refractivity contribution in [2.45, 2.75) is 33.4 Å². The van der Waals surface area contributed by atoms with Gasteiger partial charge in [-0.15, -0.1) is 0 Å². The zero-order chi connectivity index (χ0) is 22.8. The van der Waals surface area contributed by atoms with E-state index < -0.39 is 6.61 Å². The summed E-state index contributed by atoms with van der Waals surface area (Å²) < 4.78 is 40.4. The Bertz CT molecular complexity index is 844. The van der Waals surface area contributed by atoms with E-state index in [0.29, 0.717) is 12.1 Å². The molecule has 31 heavy (non-hydrogen) atoms. The van der Waals surface area contributed by atoms with Crippen LogP contribution in [0.2, 0.25) is 0 Å². The second-order valence-corrected chi connectivity index (χ2v) is 6.70. The van der Waals surface area contributed by atoms with Crippen molar-refractivity contribution >= 4 is 5.91 Å². The maximum atomic E-state index is 12.8. The summed E-state index contributed by atoms with van der Waals surface area (Å²) in [6, 6.07) is 11.9. The highest BCUT2D eigenvalue weighted by Gasteiger charge is 2.21. The number of ether oxygens (including phenoxy) is 3. The van der Waals surface area contributed by atoms with Crippen molar-refractivity contribution in [3.63, 3.8) is 0 Å². The fourth-order valence-corrected chi connectivity index (χ4v) is 3.37. The van der Waals surface area contributed by atoms with Gasteiger partial charge in [-0.05, 0) is 55.9 Å². The zero-order valence-electron chi connectivity index (χ0n) is 18.4. The van der Waals surface area contributed by atoms with E-state index in [1.54, 1.807) is 14.0 Å². The van der Waals surface area contributed by atoms with Crippen molar-refractivity contribution in [2.75, 3.05) is 33.4 Å². The molecule has 0 bridgehead atoms. The molecule has 0 aliphatic heterocycles. The van der Waals surface area contributed by atoms with E-state index >= 15 is 0 Å². The van der Waals surface area contributed by atoms with Gasteiger partial charge < -0.3 is 19.5 Å². The van der Waals surface area contributed by atoms with Crippen LogP contribution in [0.5, 0.6) is 17.2 Å². The second-order valence-electron chi connectivity index (χ2n) is 6.70. The molecule has 8 heteroatoms. The number of halogens is 2.